The van der Waals surface area contributed by atoms with Crippen molar-refractivity contribution in [3.63, 3.8) is 0 Å². The van der Waals surface area contributed by atoms with Crippen LogP contribution in [0.4, 0.5) is 8.78 Å². The summed E-state index contributed by atoms with van der Waals surface area (Å²) in [6, 6.07) is 24.1. The topological polar surface area (TPSA) is 156 Å². The van der Waals surface area contributed by atoms with Crippen LogP contribution in [0, 0.1) is 23.5 Å². The Kier molecular flexibility index (Phi) is 16.6. The molecule has 0 radical (unpaired) electrons. The first-order chi connectivity index (χ1) is 37.6. The number of amides is 2. The zero-order valence-corrected chi connectivity index (χ0v) is 43.5. The van der Waals surface area contributed by atoms with Crippen molar-refractivity contribution >= 4 is 22.8 Å². The number of ether oxygens (including phenoxy) is 6. The molecule has 0 saturated carbocycles. The Morgan fingerprint density at radius 3 is 1.52 bits per heavy atom. The van der Waals surface area contributed by atoms with Gasteiger partial charge in [-0.25, -0.2) is 9.97 Å². The molecule has 2 saturated heterocycles. The van der Waals surface area contributed by atoms with E-state index in [1.807, 2.05) is 46.9 Å². The number of methoxy groups -OCH3 is 2. The lowest BCUT2D eigenvalue weighted by Gasteiger charge is -2.15. The number of fused-ring (bicyclic) bond motifs is 2. The van der Waals surface area contributed by atoms with E-state index >= 15 is 0 Å². The van der Waals surface area contributed by atoms with E-state index in [-0.39, 0.29) is 46.6 Å². The van der Waals surface area contributed by atoms with Crippen molar-refractivity contribution in [2.75, 3.05) is 53.6 Å². The van der Waals surface area contributed by atoms with Gasteiger partial charge in [0.15, 0.2) is 23.0 Å². The minimum absolute atomic E-state index is 0.0128. The van der Waals surface area contributed by atoms with E-state index in [1.165, 1.54) is 32.4 Å². The molecule has 0 N–H and O–H groups in total. The largest absolute Gasteiger partial charge is 0.494 e. The number of carbonyl (C=O) groups is 2. The van der Waals surface area contributed by atoms with E-state index in [0.29, 0.717) is 62.7 Å². The zero-order valence-electron chi connectivity index (χ0n) is 43.5. The number of likely N-dealkylation sites (tertiary alicyclic amines) is 2. The fourth-order valence-corrected chi connectivity index (χ4v) is 9.36. The van der Waals surface area contributed by atoms with Gasteiger partial charge in [-0.15, -0.1) is 0 Å². The predicted molar refractivity (Wildman–Crippen MR) is 286 cm³/mol. The first-order valence-electron chi connectivity index (χ1n) is 25.4. The van der Waals surface area contributed by atoms with Crippen LogP contribution in [0.5, 0.6) is 46.3 Å². The summed E-state index contributed by atoms with van der Waals surface area (Å²) < 4.78 is 66.8. The van der Waals surface area contributed by atoms with Gasteiger partial charge in [0.1, 0.15) is 23.1 Å². The fourth-order valence-electron chi connectivity index (χ4n) is 9.36. The van der Waals surface area contributed by atoms with Gasteiger partial charge in [-0.05, 0) is 117 Å². The third kappa shape index (κ3) is 11.3. The van der Waals surface area contributed by atoms with E-state index in [2.05, 4.69) is 28.4 Å². The van der Waals surface area contributed by atoms with E-state index in [1.54, 1.807) is 90.0 Å². The summed E-state index contributed by atoms with van der Waals surface area (Å²) in [7, 11) is 2.82. The number of hydrogen-bond donors (Lipinski definition) is 0. The Bertz CT molecular complexity index is 3480. The third-order valence-corrected chi connectivity index (χ3v) is 13.1. The molecule has 2 amide bonds. The van der Waals surface area contributed by atoms with Gasteiger partial charge in [0.25, 0.3) is 5.91 Å². The average Bonchev–Trinajstić information content (AvgIpc) is 4.37. The summed E-state index contributed by atoms with van der Waals surface area (Å²) in [6.07, 6.45) is 11.5. The van der Waals surface area contributed by atoms with Crippen molar-refractivity contribution < 1.29 is 46.8 Å². The molecule has 2 fully saturated rings. The van der Waals surface area contributed by atoms with Crippen LogP contribution in [0.15, 0.2) is 122 Å². The molecule has 16 nitrogen and oxygen atoms in total. The van der Waals surface area contributed by atoms with E-state index in [4.69, 9.17) is 38.4 Å². The minimum Gasteiger partial charge on any atom is -0.494 e. The van der Waals surface area contributed by atoms with E-state index in [0.717, 1.165) is 70.9 Å². The molecule has 18 heteroatoms. The normalized spacial score (nSPS) is 14.8. The SMILES string of the molecule is C=CC(=O)N1CC[C@@H](c2nc(-c3ccc(Oc4cccc(OC)c4F)cc3)c3cncc(OCCC)n23)C1.CC#CC(=O)N1CC[C@@H](c2nc(-c3ccc(Oc4cccc(OC)c4F)cc3)c3cncc(OCCC)n23)C1. The summed E-state index contributed by atoms with van der Waals surface area (Å²) in [4.78, 5) is 47.1. The van der Waals surface area contributed by atoms with Crippen LogP contribution in [0.25, 0.3) is 33.5 Å². The molecule has 4 aromatic heterocycles. The number of benzene rings is 4. The molecule has 6 heterocycles. The number of aromatic nitrogens is 6. The van der Waals surface area contributed by atoms with Gasteiger partial charge >= 0.3 is 0 Å². The van der Waals surface area contributed by atoms with Crippen molar-refractivity contribution in [1.82, 2.24) is 38.5 Å². The highest BCUT2D eigenvalue weighted by molar-refractivity contribution is 5.93. The number of hydrogen-bond acceptors (Lipinski definition) is 12. The molecule has 77 heavy (non-hydrogen) atoms. The highest BCUT2D eigenvalue weighted by Crippen LogP contribution is 2.39. The van der Waals surface area contributed by atoms with Gasteiger partial charge in [0.2, 0.25) is 29.3 Å². The highest BCUT2D eigenvalue weighted by Gasteiger charge is 2.33. The second-order valence-electron chi connectivity index (χ2n) is 18.1. The molecule has 0 aliphatic carbocycles. The second-order valence-corrected chi connectivity index (χ2v) is 18.1. The fraction of sp³-hybridized carbons (Fsp3) is 0.288. The molecule has 396 valence electrons. The smallest absolute Gasteiger partial charge is 0.298 e. The Morgan fingerprint density at radius 2 is 1.09 bits per heavy atom. The van der Waals surface area contributed by atoms with Crippen LogP contribution in [0.3, 0.4) is 0 Å². The second kappa shape index (κ2) is 24.1. The van der Waals surface area contributed by atoms with Crippen molar-refractivity contribution in [3.05, 3.63) is 146 Å². The molecule has 0 bridgehead atoms. The Balaban J connectivity index is 0.000000188. The van der Waals surface area contributed by atoms with Gasteiger partial charge in [-0.2, -0.15) is 8.78 Å². The van der Waals surface area contributed by atoms with Crippen LogP contribution in [0.2, 0.25) is 0 Å². The van der Waals surface area contributed by atoms with Crippen molar-refractivity contribution in [2.24, 2.45) is 0 Å². The van der Waals surface area contributed by atoms with Crippen molar-refractivity contribution in [1.29, 1.82) is 0 Å². The molecule has 4 aromatic carbocycles. The number of carbonyl (C=O) groups excluding carboxylic acids is 2. The summed E-state index contributed by atoms with van der Waals surface area (Å²) >= 11 is 0. The summed E-state index contributed by atoms with van der Waals surface area (Å²) in [5.41, 5.74) is 4.76. The monoisotopic (exact) mass is 1040 g/mol. The van der Waals surface area contributed by atoms with Crippen molar-refractivity contribution in [2.45, 2.75) is 58.3 Å². The summed E-state index contributed by atoms with van der Waals surface area (Å²) in [5.74, 6) is 8.17. The summed E-state index contributed by atoms with van der Waals surface area (Å²) in [5, 5.41) is 0. The lowest BCUT2D eigenvalue weighted by molar-refractivity contribution is -0.125. The molecule has 8 aromatic rings. The first-order valence-corrected chi connectivity index (χ1v) is 25.4. The minimum atomic E-state index is -0.562. The number of nitrogens with zero attached hydrogens (tertiary/aromatic N) is 8. The molecular weight excluding hydrogens is 987 g/mol. The zero-order chi connectivity index (χ0) is 54.0. The van der Waals surface area contributed by atoms with Crippen LogP contribution >= 0.6 is 0 Å². The van der Waals surface area contributed by atoms with Crippen molar-refractivity contribution in [3.8, 4) is 80.6 Å². The van der Waals surface area contributed by atoms with Gasteiger partial charge in [0.05, 0.1) is 74.6 Å². The molecule has 0 spiro atoms. The maximum Gasteiger partial charge on any atom is 0.298 e. The Morgan fingerprint density at radius 1 is 0.649 bits per heavy atom. The maximum absolute atomic E-state index is 14.6. The maximum atomic E-state index is 14.6. The Hall–Kier alpha value is -8.98. The lowest BCUT2D eigenvalue weighted by Crippen LogP contribution is -2.27. The molecule has 2 atom stereocenters. The standard InChI is InChI=1S/C30H29FN4O4.C29H29FN4O4/c1-4-7-26(36)34-15-14-21(19-34)30-33-29(23-17-32-18-27(35(23)30)38-16-5-2)20-10-12-22(13-11-20)39-25-9-6-8-24(37-3)28(25)31;1-4-15-37-26-17-31-16-22-28(32-29(34(22)26)20-13-14-33(18-20)25(35)5-2)19-9-11-21(12-10-19)38-24-8-6-7-23(36-3)27(24)30/h6,8-13,17-18,21H,5,14-16,19H2,1-3H3;5-12,16-17,20H,2,4,13-15,18H2,1,3H3/t21-;20-/m11/s1. The van der Waals surface area contributed by atoms with Gasteiger partial charge in [0, 0.05) is 49.1 Å². The molecule has 2 aliphatic heterocycles. The third-order valence-electron chi connectivity index (χ3n) is 13.1. The lowest BCUT2D eigenvalue weighted by atomic mass is 10.1. The van der Waals surface area contributed by atoms with Gasteiger partial charge in [-0.1, -0.05) is 38.5 Å². The Labute approximate surface area is 444 Å². The van der Waals surface area contributed by atoms with Crippen LogP contribution in [0.1, 0.15) is 69.9 Å². The van der Waals surface area contributed by atoms with Crippen LogP contribution in [-0.4, -0.2) is 104 Å². The van der Waals surface area contributed by atoms with Crippen LogP contribution in [-0.2, 0) is 9.59 Å². The van der Waals surface area contributed by atoms with E-state index in [9.17, 15) is 18.4 Å². The van der Waals surface area contributed by atoms with Crippen LogP contribution < -0.4 is 28.4 Å². The van der Waals surface area contributed by atoms with Gasteiger partial charge in [-0.3, -0.25) is 28.4 Å². The first kappa shape index (κ1) is 52.9. The number of halogens is 2. The molecule has 0 unspecified atom stereocenters. The van der Waals surface area contributed by atoms with E-state index < -0.39 is 11.6 Å². The molecular formula is C59H58F2N8O8. The average molecular weight is 1050 g/mol. The predicted octanol–water partition coefficient (Wildman–Crippen LogP) is 11.1. The highest BCUT2D eigenvalue weighted by atomic mass is 19.1. The summed E-state index contributed by atoms with van der Waals surface area (Å²) in [6.45, 7) is 12.8. The van der Waals surface area contributed by atoms with Gasteiger partial charge < -0.3 is 38.2 Å². The quantitative estimate of drug-likeness (QED) is 0.0629. The number of rotatable bonds is 17. The molecule has 10 rings (SSSR count). The number of imidazole rings is 2. The molecule has 2 aliphatic rings.